The van der Waals surface area contributed by atoms with Gasteiger partial charge in [-0.2, -0.15) is 0 Å². The van der Waals surface area contributed by atoms with E-state index in [1.807, 2.05) is 0 Å². The number of benzene rings is 1. The van der Waals surface area contributed by atoms with Gasteiger partial charge in [-0.15, -0.1) is 0 Å². The van der Waals surface area contributed by atoms with Gasteiger partial charge in [0.05, 0.1) is 13.7 Å². The number of rotatable bonds is 4. The SMILES string of the molecule is COc1ccccc1O[C@@H]1[C@@H](O)[C@H](O)[C@@H](CO)O[C@@H]1[O-]. The standard InChI is InChI=1S/C13H17O7/c1-18-7-4-2-3-5-8(7)19-12-11(16)10(15)9(6-14)20-13(12)17/h2-5,9-16H,6H2,1H3/q-1/t9-,10-,11+,12-,13+/m1/s1. The molecule has 1 aliphatic rings. The summed E-state index contributed by atoms with van der Waals surface area (Å²) in [5, 5.41) is 40.5. The minimum absolute atomic E-state index is 0.262. The molecule has 1 aromatic carbocycles. The first-order chi connectivity index (χ1) is 9.58. The molecular formula is C13H17O7-. The zero-order valence-electron chi connectivity index (χ0n) is 10.9. The van der Waals surface area contributed by atoms with Crippen molar-refractivity contribution in [2.24, 2.45) is 0 Å². The number of ether oxygens (including phenoxy) is 3. The molecule has 0 radical (unpaired) electrons. The van der Waals surface area contributed by atoms with Crippen molar-refractivity contribution in [3.8, 4) is 11.5 Å². The van der Waals surface area contributed by atoms with Gasteiger partial charge in [-0.05, 0) is 12.1 Å². The van der Waals surface area contributed by atoms with Gasteiger partial charge in [0.2, 0.25) is 0 Å². The fourth-order valence-corrected chi connectivity index (χ4v) is 2.04. The third kappa shape index (κ3) is 2.87. The van der Waals surface area contributed by atoms with Gasteiger partial charge >= 0.3 is 0 Å². The summed E-state index contributed by atoms with van der Waals surface area (Å²) in [6.45, 7) is -0.557. The third-order valence-corrected chi connectivity index (χ3v) is 3.16. The average molecular weight is 285 g/mol. The van der Waals surface area contributed by atoms with Crippen molar-refractivity contribution in [2.45, 2.75) is 30.7 Å². The van der Waals surface area contributed by atoms with Crippen molar-refractivity contribution in [3.05, 3.63) is 24.3 Å². The lowest BCUT2D eigenvalue weighted by atomic mass is 9.99. The van der Waals surface area contributed by atoms with Crippen LogP contribution in [-0.2, 0) is 4.74 Å². The molecule has 2 rings (SSSR count). The number of para-hydroxylation sites is 2. The van der Waals surface area contributed by atoms with E-state index >= 15 is 0 Å². The summed E-state index contributed by atoms with van der Waals surface area (Å²) >= 11 is 0. The molecule has 5 atom stereocenters. The fourth-order valence-electron chi connectivity index (χ4n) is 2.04. The normalized spacial score (nSPS) is 33.8. The van der Waals surface area contributed by atoms with Crippen LogP contribution < -0.4 is 14.6 Å². The lowest BCUT2D eigenvalue weighted by Gasteiger charge is -2.45. The zero-order valence-corrected chi connectivity index (χ0v) is 10.9. The Bertz CT molecular complexity index is 438. The Kier molecular flexibility index (Phi) is 4.79. The third-order valence-electron chi connectivity index (χ3n) is 3.16. The summed E-state index contributed by atoms with van der Waals surface area (Å²) < 4.78 is 15.4. The summed E-state index contributed by atoms with van der Waals surface area (Å²) in [6, 6.07) is 6.62. The summed E-state index contributed by atoms with van der Waals surface area (Å²) in [5.74, 6) is 0.656. The largest absolute Gasteiger partial charge is 0.828 e. The van der Waals surface area contributed by atoms with Gasteiger partial charge in [-0.1, -0.05) is 12.1 Å². The minimum Gasteiger partial charge on any atom is -0.828 e. The highest BCUT2D eigenvalue weighted by Gasteiger charge is 2.41. The maximum absolute atomic E-state index is 11.8. The number of aliphatic hydroxyl groups is 3. The van der Waals surface area contributed by atoms with Gasteiger partial charge in [0, 0.05) is 6.29 Å². The molecular weight excluding hydrogens is 268 g/mol. The Hall–Kier alpha value is -1.38. The molecule has 1 aliphatic heterocycles. The Morgan fingerprint density at radius 1 is 1.20 bits per heavy atom. The first kappa shape index (κ1) is 15.0. The highest BCUT2D eigenvalue weighted by molar-refractivity contribution is 5.39. The smallest absolute Gasteiger partial charge is 0.161 e. The molecule has 0 saturated carbocycles. The van der Waals surface area contributed by atoms with Crippen LogP contribution in [0.15, 0.2) is 24.3 Å². The molecule has 20 heavy (non-hydrogen) atoms. The second kappa shape index (κ2) is 6.38. The van der Waals surface area contributed by atoms with E-state index in [1.54, 1.807) is 24.3 Å². The molecule has 0 bridgehead atoms. The summed E-state index contributed by atoms with van der Waals surface area (Å²) in [5.41, 5.74) is 0. The molecule has 0 aromatic heterocycles. The predicted octanol–water partition coefficient (Wildman–Crippen LogP) is -1.76. The summed E-state index contributed by atoms with van der Waals surface area (Å²) in [7, 11) is 1.45. The topological polar surface area (TPSA) is 111 Å². The fraction of sp³-hybridized carbons (Fsp3) is 0.538. The molecule has 0 unspecified atom stereocenters. The zero-order chi connectivity index (χ0) is 14.7. The molecule has 112 valence electrons. The van der Waals surface area contributed by atoms with Crippen LogP contribution in [0.1, 0.15) is 0 Å². The number of hydrogen-bond acceptors (Lipinski definition) is 7. The van der Waals surface area contributed by atoms with E-state index in [1.165, 1.54) is 7.11 Å². The minimum atomic E-state index is -1.73. The molecule has 0 aliphatic carbocycles. The van der Waals surface area contributed by atoms with Crippen molar-refractivity contribution < 1.29 is 34.6 Å². The monoisotopic (exact) mass is 285 g/mol. The van der Waals surface area contributed by atoms with Gasteiger partial charge in [-0.25, -0.2) is 0 Å². The Balaban J connectivity index is 2.16. The maximum atomic E-state index is 11.8. The van der Waals surface area contributed by atoms with Crippen LogP contribution in [0.3, 0.4) is 0 Å². The first-order valence-electron chi connectivity index (χ1n) is 6.16. The molecule has 3 N–H and O–H groups in total. The quantitative estimate of drug-likeness (QED) is 0.601. The Morgan fingerprint density at radius 3 is 2.45 bits per heavy atom. The van der Waals surface area contributed by atoms with E-state index in [0.29, 0.717) is 5.75 Å². The Morgan fingerprint density at radius 2 is 1.85 bits per heavy atom. The van der Waals surface area contributed by atoms with Crippen molar-refractivity contribution in [2.75, 3.05) is 13.7 Å². The van der Waals surface area contributed by atoms with Gasteiger partial charge in [0.1, 0.15) is 24.4 Å². The van der Waals surface area contributed by atoms with Crippen LogP contribution in [0.25, 0.3) is 0 Å². The van der Waals surface area contributed by atoms with Crippen LogP contribution in [-0.4, -0.2) is 59.7 Å². The van der Waals surface area contributed by atoms with Crippen LogP contribution in [0.4, 0.5) is 0 Å². The van der Waals surface area contributed by atoms with E-state index in [-0.39, 0.29) is 5.75 Å². The van der Waals surface area contributed by atoms with E-state index in [9.17, 15) is 15.3 Å². The lowest BCUT2D eigenvalue weighted by molar-refractivity contribution is -0.530. The summed E-state index contributed by atoms with van der Waals surface area (Å²) in [6.07, 6.45) is -7.01. The molecule has 0 amide bonds. The highest BCUT2D eigenvalue weighted by atomic mass is 16.7. The molecule has 7 heteroatoms. The van der Waals surface area contributed by atoms with Crippen molar-refractivity contribution >= 4 is 0 Å². The maximum Gasteiger partial charge on any atom is 0.161 e. The lowest BCUT2D eigenvalue weighted by Crippen LogP contribution is -2.64. The number of hydrogen-bond donors (Lipinski definition) is 3. The van der Waals surface area contributed by atoms with Crippen LogP contribution in [0.2, 0.25) is 0 Å². The molecule has 1 aromatic rings. The number of methoxy groups -OCH3 is 1. The van der Waals surface area contributed by atoms with Crippen LogP contribution >= 0.6 is 0 Å². The molecule has 7 nitrogen and oxygen atoms in total. The van der Waals surface area contributed by atoms with Crippen molar-refractivity contribution in [3.63, 3.8) is 0 Å². The molecule has 1 fully saturated rings. The predicted molar refractivity (Wildman–Crippen MR) is 65.2 cm³/mol. The van der Waals surface area contributed by atoms with Crippen molar-refractivity contribution in [1.82, 2.24) is 0 Å². The van der Waals surface area contributed by atoms with E-state index in [0.717, 1.165) is 0 Å². The second-order valence-electron chi connectivity index (χ2n) is 4.44. The second-order valence-corrected chi connectivity index (χ2v) is 4.44. The van der Waals surface area contributed by atoms with Crippen molar-refractivity contribution in [1.29, 1.82) is 0 Å². The number of aliphatic hydroxyl groups excluding tert-OH is 3. The first-order valence-corrected chi connectivity index (χ1v) is 6.16. The van der Waals surface area contributed by atoms with Gasteiger partial charge < -0.3 is 34.6 Å². The van der Waals surface area contributed by atoms with E-state index in [4.69, 9.17) is 19.3 Å². The van der Waals surface area contributed by atoms with Gasteiger partial charge in [-0.3, -0.25) is 0 Å². The van der Waals surface area contributed by atoms with Crippen LogP contribution in [0, 0.1) is 0 Å². The highest BCUT2D eigenvalue weighted by Crippen LogP contribution is 2.30. The van der Waals surface area contributed by atoms with Gasteiger partial charge in [0.15, 0.2) is 11.5 Å². The Labute approximate surface area is 115 Å². The average Bonchev–Trinajstić information content (AvgIpc) is 2.47. The summed E-state index contributed by atoms with van der Waals surface area (Å²) in [4.78, 5) is 0. The van der Waals surface area contributed by atoms with Crippen LogP contribution in [0.5, 0.6) is 11.5 Å². The molecule has 1 saturated heterocycles. The van der Waals surface area contributed by atoms with Gasteiger partial charge in [0.25, 0.3) is 0 Å². The molecule has 0 spiro atoms. The molecule has 1 heterocycles. The van der Waals surface area contributed by atoms with E-state index in [2.05, 4.69) is 0 Å². The van der Waals surface area contributed by atoms with E-state index < -0.39 is 37.3 Å².